The Hall–Kier alpha value is -2.18. The number of para-hydroxylation sites is 1. The minimum Gasteiger partial charge on any atom is -0.340 e. The fourth-order valence-electron chi connectivity index (χ4n) is 2.10. The summed E-state index contributed by atoms with van der Waals surface area (Å²) < 4.78 is 1.07. The Balaban J connectivity index is 2.08. The summed E-state index contributed by atoms with van der Waals surface area (Å²) in [6, 6.07) is 13.8. The SMILES string of the molecule is Cc1cc(Nc2nc(NN)nc3ccccc23)ccc1Br. The first-order valence-corrected chi connectivity index (χ1v) is 7.23. The Bertz CT molecular complexity index is 803. The molecule has 4 N–H and O–H groups in total. The molecule has 2 aromatic carbocycles. The number of halogens is 1. The summed E-state index contributed by atoms with van der Waals surface area (Å²) in [5, 5.41) is 4.26. The van der Waals surface area contributed by atoms with E-state index in [9.17, 15) is 0 Å². The van der Waals surface area contributed by atoms with Crippen molar-refractivity contribution in [1.82, 2.24) is 9.97 Å². The first-order valence-electron chi connectivity index (χ1n) is 6.44. The van der Waals surface area contributed by atoms with Gasteiger partial charge in [0.25, 0.3) is 0 Å². The van der Waals surface area contributed by atoms with Crippen LogP contribution in [0.1, 0.15) is 5.56 Å². The first kappa shape index (κ1) is 13.8. The molecule has 106 valence electrons. The van der Waals surface area contributed by atoms with Gasteiger partial charge in [0, 0.05) is 15.5 Å². The molecule has 0 amide bonds. The van der Waals surface area contributed by atoms with Crippen LogP contribution in [0.15, 0.2) is 46.9 Å². The molecule has 0 saturated heterocycles. The van der Waals surface area contributed by atoms with E-state index in [0.717, 1.165) is 32.4 Å². The summed E-state index contributed by atoms with van der Waals surface area (Å²) in [6.07, 6.45) is 0. The van der Waals surface area contributed by atoms with Gasteiger partial charge in [0.05, 0.1) is 5.52 Å². The normalized spacial score (nSPS) is 10.6. The highest BCUT2D eigenvalue weighted by molar-refractivity contribution is 9.10. The van der Waals surface area contributed by atoms with Crippen LogP contribution in [0.5, 0.6) is 0 Å². The molecule has 0 radical (unpaired) electrons. The lowest BCUT2D eigenvalue weighted by atomic mass is 10.2. The van der Waals surface area contributed by atoms with Crippen molar-refractivity contribution in [1.29, 1.82) is 0 Å². The second-order valence-corrected chi connectivity index (χ2v) is 5.50. The molecule has 1 heterocycles. The smallest absolute Gasteiger partial charge is 0.239 e. The average Bonchev–Trinajstić information content (AvgIpc) is 2.51. The van der Waals surface area contributed by atoms with E-state index in [1.807, 2.05) is 43.3 Å². The van der Waals surface area contributed by atoms with Crippen LogP contribution >= 0.6 is 15.9 Å². The van der Waals surface area contributed by atoms with Gasteiger partial charge < -0.3 is 5.32 Å². The standard InChI is InChI=1S/C15H14BrN5/c1-9-8-10(6-7-12(9)16)18-14-11-4-2-3-5-13(11)19-15(20-14)21-17/h2-8H,17H2,1H3,(H2,18,19,20,21). The number of hydrazine groups is 1. The molecule has 0 spiro atoms. The van der Waals surface area contributed by atoms with Gasteiger partial charge in [0.15, 0.2) is 0 Å². The highest BCUT2D eigenvalue weighted by Crippen LogP contribution is 2.27. The Morgan fingerprint density at radius 2 is 1.90 bits per heavy atom. The number of nitrogen functional groups attached to an aromatic ring is 1. The van der Waals surface area contributed by atoms with Gasteiger partial charge in [0.2, 0.25) is 5.95 Å². The zero-order valence-electron chi connectivity index (χ0n) is 11.4. The minimum absolute atomic E-state index is 0.380. The molecule has 6 heteroatoms. The number of aryl methyl sites for hydroxylation is 1. The van der Waals surface area contributed by atoms with Gasteiger partial charge in [0.1, 0.15) is 5.82 Å². The molecule has 1 aromatic heterocycles. The van der Waals surface area contributed by atoms with E-state index in [1.54, 1.807) is 0 Å². The number of hydrogen-bond donors (Lipinski definition) is 3. The summed E-state index contributed by atoms with van der Waals surface area (Å²) in [4.78, 5) is 8.73. The van der Waals surface area contributed by atoms with Crippen molar-refractivity contribution >= 4 is 44.3 Å². The third kappa shape index (κ3) is 2.81. The lowest BCUT2D eigenvalue weighted by Gasteiger charge is -2.11. The summed E-state index contributed by atoms with van der Waals surface area (Å²) in [5.41, 5.74) is 5.44. The predicted octanol–water partition coefficient (Wildman–Crippen LogP) is 3.73. The lowest BCUT2D eigenvalue weighted by Crippen LogP contribution is -2.11. The maximum absolute atomic E-state index is 5.44. The fraction of sp³-hybridized carbons (Fsp3) is 0.0667. The first-order chi connectivity index (χ1) is 10.2. The second-order valence-electron chi connectivity index (χ2n) is 4.65. The molecule has 3 aromatic rings. The molecule has 0 fully saturated rings. The van der Waals surface area contributed by atoms with E-state index in [0.29, 0.717) is 5.95 Å². The van der Waals surface area contributed by atoms with Crippen LogP contribution in [-0.4, -0.2) is 9.97 Å². The number of hydrogen-bond acceptors (Lipinski definition) is 5. The minimum atomic E-state index is 0.380. The molecule has 0 aliphatic heterocycles. The lowest BCUT2D eigenvalue weighted by molar-refractivity contribution is 1.15. The van der Waals surface area contributed by atoms with E-state index in [4.69, 9.17) is 5.84 Å². The molecule has 3 rings (SSSR count). The molecular weight excluding hydrogens is 330 g/mol. The van der Waals surface area contributed by atoms with Crippen LogP contribution in [-0.2, 0) is 0 Å². The number of anilines is 3. The van der Waals surface area contributed by atoms with Gasteiger partial charge in [-0.25, -0.2) is 10.8 Å². The number of fused-ring (bicyclic) bond motifs is 1. The maximum atomic E-state index is 5.44. The molecule has 21 heavy (non-hydrogen) atoms. The monoisotopic (exact) mass is 343 g/mol. The van der Waals surface area contributed by atoms with Crippen molar-refractivity contribution < 1.29 is 0 Å². The Labute approximate surface area is 130 Å². The highest BCUT2D eigenvalue weighted by atomic mass is 79.9. The van der Waals surface area contributed by atoms with Gasteiger partial charge in [-0.3, -0.25) is 5.43 Å². The zero-order chi connectivity index (χ0) is 14.8. The zero-order valence-corrected chi connectivity index (χ0v) is 13.0. The van der Waals surface area contributed by atoms with Crippen molar-refractivity contribution in [2.45, 2.75) is 6.92 Å². The van der Waals surface area contributed by atoms with Gasteiger partial charge >= 0.3 is 0 Å². The summed E-state index contributed by atoms with van der Waals surface area (Å²) in [5.74, 6) is 6.54. The van der Waals surface area contributed by atoms with E-state index >= 15 is 0 Å². The number of nitrogens with one attached hydrogen (secondary N) is 2. The van der Waals surface area contributed by atoms with E-state index in [2.05, 4.69) is 42.7 Å². The Kier molecular flexibility index (Phi) is 3.72. The third-order valence-corrected chi connectivity index (χ3v) is 4.04. The molecule has 0 bridgehead atoms. The van der Waals surface area contributed by atoms with Crippen LogP contribution < -0.4 is 16.6 Å². The van der Waals surface area contributed by atoms with E-state index in [1.165, 1.54) is 0 Å². The quantitative estimate of drug-likeness (QED) is 0.499. The molecule has 0 unspecified atom stereocenters. The highest BCUT2D eigenvalue weighted by Gasteiger charge is 2.07. The molecule has 0 aliphatic rings. The number of benzene rings is 2. The molecule has 0 saturated carbocycles. The number of nitrogens with zero attached hydrogens (tertiary/aromatic N) is 2. The van der Waals surface area contributed by atoms with Gasteiger partial charge in [-0.1, -0.05) is 28.1 Å². The van der Waals surface area contributed by atoms with Crippen molar-refractivity contribution in [2.75, 3.05) is 10.7 Å². The average molecular weight is 344 g/mol. The molecule has 0 aliphatic carbocycles. The van der Waals surface area contributed by atoms with Crippen LogP contribution in [0.4, 0.5) is 17.5 Å². The van der Waals surface area contributed by atoms with Crippen molar-refractivity contribution in [3.8, 4) is 0 Å². The second kappa shape index (κ2) is 5.67. The van der Waals surface area contributed by atoms with Crippen molar-refractivity contribution in [3.05, 3.63) is 52.5 Å². The van der Waals surface area contributed by atoms with Crippen LogP contribution in [0.25, 0.3) is 10.9 Å². The fourth-order valence-corrected chi connectivity index (χ4v) is 2.34. The summed E-state index contributed by atoms with van der Waals surface area (Å²) >= 11 is 3.50. The number of rotatable bonds is 3. The largest absolute Gasteiger partial charge is 0.340 e. The van der Waals surface area contributed by atoms with E-state index in [-0.39, 0.29) is 0 Å². The number of nitrogens with two attached hydrogens (primary N) is 1. The van der Waals surface area contributed by atoms with Gasteiger partial charge in [-0.15, -0.1) is 0 Å². The Morgan fingerprint density at radius 3 is 2.67 bits per heavy atom. The third-order valence-electron chi connectivity index (χ3n) is 3.15. The van der Waals surface area contributed by atoms with Crippen LogP contribution in [0, 0.1) is 6.92 Å². The number of aromatic nitrogens is 2. The molecular formula is C15H14BrN5. The molecule has 5 nitrogen and oxygen atoms in total. The van der Waals surface area contributed by atoms with Crippen molar-refractivity contribution in [2.24, 2.45) is 5.84 Å². The van der Waals surface area contributed by atoms with Gasteiger partial charge in [-0.2, -0.15) is 4.98 Å². The molecule has 0 atom stereocenters. The maximum Gasteiger partial charge on any atom is 0.239 e. The van der Waals surface area contributed by atoms with Crippen LogP contribution in [0.3, 0.4) is 0 Å². The van der Waals surface area contributed by atoms with Crippen molar-refractivity contribution in [3.63, 3.8) is 0 Å². The predicted molar refractivity (Wildman–Crippen MR) is 89.5 cm³/mol. The topological polar surface area (TPSA) is 75.9 Å². The van der Waals surface area contributed by atoms with Crippen LogP contribution in [0.2, 0.25) is 0 Å². The summed E-state index contributed by atoms with van der Waals surface area (Å²) in [6.45, 7) is 2.04. The van der Waals surface area contributed by atoms with Gasteiger partial charge in [-0.05, 0) is 42.8 Å². The summed E-state index contributed by atoms with van der Waals surface area (Å²) in [7, 11) is 0. The van der Waals surface area contributed by atoms with E-state index < -0.39 is 0 Å². The Morgan fingerprint density at radius 1 is 1.10 bits per heavy atom.